The van der Waals surface area contributed by atoms with Gasteiger partial charge in [-0.15, -0.1) is 6.42 Å². The van der Waals surface area contributed by atoms with Gasteiger partial charge in [-0.3, -0.25) is 9.59 Å². The second kappa shape index (κ2) is 8.44. The molecule has 1 amide bonds. The number of anilines is 3. The lowest BCUT2D eigenvalue weighted by Gasteiger charge is -2.19. The van der Waals surface area contributed by atoms with Gasteiger partial charge in [0.2, 0.25) is 0 Å². The molecule has 2 N–H and O–H groups in total. The summed E-state index contributed by atoms with van der Waals surface area (Å²) in [7, 11) is 1.74. The number of amides is 1. The fourth-order valence-electron chi connectivity index (χ4n) is 3.90. The number of terminal acetylenes is 1. The topological polar surface area (TPSA) is 63.1 Å². The lowest BCUT2D eigenvalue weighted by Crippen LogP contribution is -2.16. The molecule has 5 heteroatoms. The lowest BCUT2D eigenvalue weighted by atomic mass is 9.97. The largest absolute Gasteiger partial charge is 0.355 e. The van der Waals surface area contributed by atoms with Crippen molar-refractivity contribution in [2.45, 2.75) is 13.8 Å². The highest BCUT2D eigenvalue weighted by atomic mass is 16.1. The summed E-state index contributed by atoms with van der Waals surface area (Å²) in [6.45, 7) is 4.11. The Labute approximate surface area is 186 Å². The first-order chi connectivity index (χ1) is 15.4. The van der Waals surface area contributed by atoms with Crippen molar-refractivity contribution >= 4 is 33.7 Å². The molecule has 0 aliphatic rings. The molecule has 3 aromatic carbocycles. The van der Waals surface area contributed by atoms with Crippen LogP contribution in [0.4, 0.5) is 17.1 Å². The summed E-state index contributed by atoms with van der Waals surface area (Å²) in [6.07, 6.45) is 7.05. The van der Waals surface area contributed by atoms with Crippen LogP contribution in [0.3, 0.4) is 0 Å². The van der Waals surface area contributed by atoms with Gasteiger partial charge in [0.25, 0.3) is 11.5 Å². The Kier molecular flexibility index (Phi) is 5.53. The molecular formula is C27H23N3O2. The molecule has 0 bridgehead atoms. The highest BCUT2D eigenvalue weighted by molar-refractivity contribution is 6.05. The summed E-state index contributed by atoms with van der Waals surface area (Å²) >= 11 is 0. The molecule has 1 heterocycles. The van der Waals surface area contributed by atoms with Crippen LogP contribution in [0.25, 0.3) is 21.9 Å². The number of carbonyl (C=O) groups excluding carboxylic acids is 1. The summed E-state index contributed by atoms with van der Waals surface area (Å²) in [5.74, 6) is 1.56. The first-order valence-electron chi connectivity index (χ1n) is 10.2. The standard InChI is InChI=1S/C27H23N3O2/c1-5-25(31)28-19-13-14-24(29-26-17(2)9-8-10-18(26)3)22(15-19)23-16-30(4)27(32)21-12-7-6-11-20(21)23/h1,6-16,29H,2-4H3,(H,28,31). The lowest BCUT2D eigenvalue weighted by molar-refractivity contribution is -0.111. The number of aryl methyl sites for hydroxylation is 3. The van der Waals surface area contributed by atoms with Crippen LogP contribution in [0.2, 0.25) is 0 Å². The number of aromatic nitrogens is 1. The number of nitrogens with one attached hydrogen (secondary N) is 2. The first kappa shape index (κ1) is 21.0. The summed E-state index contributed by atoms with van der Waals surface area (Å²) in [5, 5.41) is 7.74. The van der Waals surface area contributed by atoms with Crippen molar-refractivity contribution in [1.29, 1.82) is 0 Å². The molecule has 0 aliphatic carbocycles. The summed E-state index contributed by atoms with van der Waals surface area (Å²) in [6, 6.07) is 19.2. The summed E-state index contributed by atoms with van der Waals surface area (Å²) < 4.78 is 1.58. The SMILES string of the molecule is C#CC(=O)Nc1ccc(Nc2c(C)cccc2C)c(-c2cn(C)c(=O)c3ccccc23)c1. The maximum Gasteiger partial charge on any atom is 0.300 e. The number of nitrogens with zero attached hydrogens (tertiary/aromatic N) is 1. The molecule has 0 saturated heterocycles. The highest BCUT2D eigenvalue weighted by Crippen LogP contribution is 2.37. The van der Waals surface area contributed by atoms with Gasteiger partial charge in [-0.05, 0) is 60.5 Å². The van der Waals surface area contributed by atoms with Crippen molar-refractivity contribution in [3.8, 4) is 23.5 Å². The van der Waals surface area contributed by atoms with E-state index in [2.05, 4.69) is 42.5 Å². The van der Waals surface area contributed by atoms with Crippen LogP contribution in [0.1, 0.15) is 11.1 Å². The number of hydrogen-bond acceptors (Lipinski definition) is 3. The van der Waals surface area contributed by atoms with E-state index >= 15 is 0 Å². The van der Waals surface area contributed by atoms with Crippen LogP contribution in [-0.2, 0) is 11.8 Å². The molecule has 0 aliphatic heterocycles. The van der Waals surface area contributed by atoms with Crippen LogP contribution in [-0.4, -0.2) is 10.5 Å². The van der Waals surface area contributed by atoms with E-state index in [0.717, 1.165) is 39.0 Å². The first-order valence-corrected chi connectivity index (χ1v) is 10.2. The van der Waals surface area contributed by atoms with Crippen LogP contribution >= 0.6 is 0 Å². The summed E-state index contributed by atoms with van der Waals surface area (Å²) in [4.78, 5) is 24.5. The number of para-hydroxylation sites is 1. The van der Waals surface area contributed by atoms with E-state index in [4.69, 9.17) is 6.42 Å². The molecule has 158 valence electrons. The predicted octanol–water partition coefficient (Wildman–Crippen LogP) is 5.14. The Morgan fingerprint density at radius 1 is 0.938 bits per heavy atom. The smallest absolute Gasteiger partial charge is 0.300 e. The van der Waals surface area contributed by atoms with Crippen molar-refractivity contribution in [3.63, 3.8) is 0 Å². The molecule has 0 spiro atoms. The maximum absolute atomic E-state index is 12.7. The second-order valence-corrected chi connectivity index (χ2v) is 7.76. The molecule has 32 heavy (non-hydrogen) atoms. The van der Waals surface area contributed by atoms with Gasteiger partial charge in [0.1, 0.15) is 0 Å². The molecule has 5 nitrogen and oxygen atoms in total. The minimum atomic E-state index is -0.517. The molecule has 0 fully saturated rings. The van der Waals surface area contributed by atoms with Gasteiger partial charge in [0, 0.05) is 46.8 Å². The molecule has 0 saturated carbocycles. The third kappa shape index (κ3) is 3.86. The van der Waals surface area contributed by atoms with Crippen molar-refractivity contribution in [2.75, 3.05) is 10.6 Å². The zero-order valence-corrected chi connectivity index (χ0v) is 18.2. The number of fused-ring (bicyclic) bond motifs is 1. The van der Waals surface area contributed by atoms with Gasteiger partial charge in [0.15, 0.2) is 0 Å². The Morgan fingerprint density at radius 2 is 1.62 bits per heavy atom. The van der Waals surface area contributed by atoms with Gasteiger partial charge >= 0.3 is 0 Å². The monoisotopic (exact) mass is 421 g/mol. The zero-order chi connectivity index (χ0) is 22.8. The fraction of sp³-hybridized carbons (Fsp3) is 0.111. The van der Waals surface area contributed by atoms with E-state index in [1.165, 1.54) is 0 Å². The average molecular weight is 422 g/mol. The molecule has 4 rings (SSSR count). The Hall–Kier alpha value is -4.30. The van der Waals surface area contributed by atoms with Crippen molar-refractivity contribution in [3.05, 3.63) is 88.3 Å². The highest BCUT2D eigenvalue weighted by Gasteiger charge is 2.15. The van der Waals surface area contributed by atoms with Crippen molar-refractivity contribution < 1.29 is 4.79 Å². The quantitative estimate of drug-likeness (QED) is 0.449. The van der Waals surface area contributed by atoms with Crippen LogP contribution < -0.4 is 16.2 Å². The minimum Gasteiger partial charge on any atom is -0.355 e. The van der Waals surface area contributed by atoms with Gasteiger partial charge in [-0.25, -0.2) is 0 Å². The number of hydrogen-bond donors (Lipinski definition) is 2. The molecule has 0 unspecified atom stereocenters. The van der Waals surface area contributed by atoms with Crippen LogP contribution in [0.15, 0.2) is 71.7 Å². The third-order valence-electron chi connectivity index (χ3n) is 5.53. The van der Waals surface area contributed by atoms with E-state index in [0.29, 0.717) is 11.1 Å². The Morgan fingerprint density at radius 3 is 2.31 bits per heavy atom. The molecule has 0 radical (unpaired) electrons. The number of pyridine rings is 1. The van der Waals surface area contributed by atoms with E-state index in [1.807, 2.05) is 48.7 Å². The third-order valence-corrected chi connectivity index (χ3v) is 5.53. The average Bonchev–Trinajstić information content (AvgIpc) is 2.79. The van der Waals surface area contributed by atoms with E-state index in [-0.39, 0.29) is 5.56 Å². The molecule has 4 aromatic rings. The van der Waals surface area contributed by atoms with Crippen LogP contribution in [0, 0.1) is 26.2 Å². The minimum absolute atomic E-state index is 0.0644. The Bertz CT molecular complexity index is 1440. The normalized spacial score (nSPS) is 10.6. The van der Waals surface area contributed by atoms with E-state index < -0.39 is 5.91 Å². The second-order valence-electron chi connectivity index (χ2n) is 7.76. The number of rotatable bonds is 4. The van der Waals surface area contributed by atoms with E-state index in [1.54, 1.807) is 17.7 Å². The summed E-state index contributed by atoms with van der Waals surface area (Å²) in [5.41, 5.74) is 6.33. The van der Waals surface area contributed by atoms with Gasteiger partial charge in [-0.2, -0.15) is 0 Å². The molecular weight excluding hydrogens is 398 g/mol. The van der Waals surface area contributed by atoms with Gasteiger partial charge in [-0.1, -0.05) is 36.4 Å². The zero-order valence-electron chi connectivity index (χ0n) is 18.2. The number of carbonyl (C=O) groups is 1. The van der Waals surface area contributed by atoms with Crippen molar-refractivity contribution in [2.24, 2.45) is 7.05 Å². The predicted molar refractivity (Wildman–Crippen MR) is 131 cm³/mol. The van der Waals surface area contributed by atoms with E-state index in [9.17, 15) is 9.59 Å². The molecule has 0 atom stereocenters. The van der Waals surface area contributed by atoms with Gasteiger partial charge in [0.05, 0.1) is 0 Å². The van der Waals surface area contributed by atoms with Gasteiger partial charge < -0.3 is 15.2 Å². The van der Waals surface area contributed by atoms with Crippen LogP contribution in [0.5, 0.6) is 0 Å². The Balaban J connectivity index is 1.97. The number of benzene rings is 3. The fourth-order valence-corrected chi connectivity index (χ4v) is 3.90. The van der Waals surface area contributed by atoms with Crippen molar-refractivity contribution in [1.82, 2.24) is 4.57 Å². The molecule has 1 aromatic heterocycles. The maximum atomic E-state index is 12.7.